The highest BCUT2D eigenvalue weighted by atomic mass is 79.9. The van der Waals surface area contributed by atoms with Crippen LogP contribution in [0.1, 0.15) is 23.6 Å². The highest BCUT2D eigenvalue weighted by Crippen LogP contribution is 2.29. The molecule has 0 saturated heterocycles. The zero-order valence-corrected chi connectivity index (χ0v) is 11.7. The number of halogens is 2. The second kappa shape index (κ2) is 5.17. The van der Waals surface area contributed by atoms with Gasteiger partial charge in [-0.2, -0.15) is 5.26 Å². The summed E-state index contributed by atoms with van der Waals surface area (Å²) in [5, 5.41) is 9.18. The van der Waals surface area contributed by atoms with Gasteiger partial charge in [0, 0.05) is 21.6 Å². The number of hydrogen-bond acceptors (Lipinski definition) is 3. The van der Waals surface area contributed by atoms with Crippen molar-refractivity contribution in [3.63, 3.8) is 0 Å². The van der Waals surface area contributed by atoms with Crippen molar-refractivity contribution >= 4 is 35.7 Å². The predicted octanol–water partition coefficient (Wildman–Crippen LogP) is 2.94. The molecule has 0 radical (unpaired) electrons. The molecule has 1 rings (SSSR count). The lowest BCUT2D eigenvalue weighted by Gasteiger charge is -2.10. The Hall–Kier alpha value is -0.570. The van der Waals surface area contributed by atoms with Crippen molar-refractivity contribution in [3.05, 3.63) is 28.8 Å². The molecule has 0 amide bonds. The molecule has 0 bridgehead atoms. The molecule has 0 aliphatic rings. The molecule has 0 saturated carbocycles. The Labute approximate surface area is 108 Å². The van der Waals surface area contributed by atoms with Crippen molar-refractivity contribution in [2.75, 3.05) is 0 Å². The van der Waals surface area contributed by atoms with E-state index in [0.29, 0.717) is 23.1 Å². The standard InChI is InChI=1S/C10H9BrClNO2S/c1-2-7-3-4-8(6-13)9(5-11)10(7)16(12,14)15/h3-4H,2,5H2,1H3. The molecule has 6 heteroatoms. The van der Waals surface area contributed by atoms with Crippen molar-refractivity contribution in [1.29, 1.82) is 5.26 Å². The SMILES string of the molecule is CCc1ccc(C#N)c(CBr)c1S(=O)(=O)Cl. The molecule has 1 aromatic rings. The average molecular weight is 323 g/mol. The lowest BCUT2D eigenvalue weighted by Crippen LogP contribution is -2.04. The summed E-state index contributed by atoms with van der Waals surface area (Å²) in [5.74, 6) is 0. The van der Waals surface area contributed by atoms with E-state index < -0.39 is 9.05 Å². The zero-order valence-electron chi connectivity index (χ0n) is 8.50. The quantitative estimate of drug-likeness (QED) is 0.635. The predicted molar refractivity (Wildman–Crippen MR) is 66.2 cm³/mol. The number of hydrogen-bond donors (Lipinski definition) is 0. The Kier molecular flexibility index (Phi) is 4.36. The summed E-state index contributed by atoms with van der Waals surface area (Å²) in [4.78, 5) is 0.0626. The van der Waals surface area contributed by atoms with Crippen molar-refractivity contribution in [2.24, 2.45) is 0 Å². The molecule has 0 aliphatic carbocycles. The number of nitrogens with zero attached hydrogens (tertiary/aromatic N) is 1. The molecule has 0 aromatic heterocycles. The Morgan fingerprint density at radius 1 is 1.50 bits per heavy atom. The largest absolute Gasteiger partial charge is 0.261 e. The molecule has 86 valence electrons. The van der Waals surface area contributed by atoms with Gasteiger partial charge in [-0.1, -0.05) is 28.9 Å². The van der Waals surface area contributed by atoms with E-state index in [9.17, 15) is 8.42 Å². The first-order valence-corrected chi connectivity index (χ1v) is 7.94. The molecule has 16 heavy (non-hydrogen) atoms. The maximum atomic E-state index is 11.5. The molecule has 0 heterocycles. The van der Waals surface area contributed by atoms with Crippen LogP contribution in [0.3, 0.4) is 0 Å². The molecular weight excluding hydrogens is 314 g/mol. The molecule has 3 nitrogen and oxygen atoms in total. The third kappa shape index (κ3) is 2.57. The molecule has 0 atom stereocenters. The van der Waals surface area contributed by atoms with Crippen LogP contribution >= 0.6 is 26.6 Å². The van der Waals surface area contributed by atoms with Crippen LogP contribution in [-0.2, 0) is 20.8 Å². The summed E-state index contributed by atoms with van der Waals surface area (Å²) in [6, 6.07) is 5.19. The molecule has 1 aromatic carbocycles. The van der Waals surface area contributed by atoms with E-state index in [0.717, 1.165) is 0 Å². The number of alkyl halides is 1. The van der Waals surface area contributed by atoms with E-state index in [4.69, 9.17) is 15.9 Å². The van der Waals surface area contributed by atoms with E-state index in [1.807, 2.05) is 13.0 Å². The van der Waals surface area contributed by atoms with Gasteiger partial charge in [-0.05, 0) is 18.1 Å². The Balaban J connectivity index is 3.72. The summed E-state index contributed by atoms with van der Waals surface area (Å²) in [6.45, 7) is 1.84. The molecule has 0 spiro atoms. The van der Waals surface area contributed by atoms with Gasteiger partial charge in [-0.25, -0.2) is 8.42 Å². The summed E-state index contributed by atoms with van der Waals surface area (Å²) in [6.07, 6.45) is 0.549. The van der Waals surface area contributed by atoms with Crippen LogP contribution in [0.5, 0.6) is 0 Å². The van der Waals surface area contributed by atoms with E-state index in [-0.39, 0.29) is 10.2 Å². The van der Waals surface area contributed by atoms with Crippen LogP contribution < -0.4 is 0 Å². The monoisotopic (exact) mass is 321 g/mol. The summed E-state index contributed by atoms with van der Waals surface area (Å²) >= 11 is 3.18. The van der Waals surface area contributed by atoms with Gasteiger partial charge in [-0.15, -0.1) is 0 Å². The summed E-state index contributed by atoms with van der Waals surface area (Å²) in [5.41, 5.74) is 1.38. The number of rotatable bonds is 3. The van der Waals surface area contributed by atoms with Gasteiger partial charge in [0.25, 0.3) is 9.05 Å². The van der Waals surface area contributed by atoms with Crippen LogP contribution in [0, 0.1) is 11.3 Å². The molecule has 0 fully saturated rings. The summed E-state index contributed by atoms with van der Waals surface area (Å²) in [7, 11) is 1.57. The first-order valence-electron chi connectivity index (χ1n) is 4.51. The van der Waals surface area contributed by atoms with Crippen LogP contribution in [0.2, 0.25) is 0 Å². The van der Waals surface area contributed by atoms with Crippen molar-refractivity contribution < 1.29 is 8.42 Å². The molecular formula is C10H9BrClNO2S. The smallest absolute Gasteiger partial charge is 0.207 e. The second-order valence-electron chi connectivity index (χ2n) is 3.12. The number of nitriles is 1. The second-order valence-corrected chi connectivity index (χ2v) is 6.18. The molecule has 0 N–H and O–H groups in total. The Morgan fingerprint density at radius 2 is 2.12 bits per heavy atom. The lowest BCUT2D eigenvalue weighted by molar-refractivity contribution is 0.608. The average Bonchev–Trinajstić information content (AvgIpc) is 2.25. The number of benzene rings is 1. The van der Waals surface area contributed by atoms with Crippen LogP contribution in [0.4, 0.5) is 0 Å². The fourth-order valence-corrected chi connectivity index (χ4v) is 3.84. The molecule has 0 aliphatic heterocycles. The number of aryl methyl sites for hydroxylation is 1. The van der Waals surface area contributed by atoms with Crippen LogP contribution in [0.15, 0.2) is 17.0 Å². The Morgan fingerprint density at radius 3 is 2.50 bits per heavy atom. The highest BCUT2D eigenvalue weighted by molar-refractivity contribution is 9.08. The van der Waals surface area contributed by atoms with E-state index in [1.54, 1.807) is 12.1 Å². The topological polar surface area (TPSA) is 57.9 Å². The fraction of sp³-hybridized carbons (Fsp3) is 0.300. The third-order valence-corrected chi connectivity index (χ3v) is 4.24. The van der Waals surface area contributed by atoms with Gasteiger partial charge in [0.15, 0.2) is 0 Å². The first-order chi connectivity index (χ1) is 7.45. The van der Waals surface area contributed by atoms with E-state index >= 15 is 0 Å². The first kappa shape index (κ1) is 13.5. The fourth-order valence-electron chi connectivity index (χ4n) is 1.50. The van der Waals surface area contributed by atoms with Gasteiger partial charge in [-0.3, -0.25) is 0 Å². The van der Waals surface area contributed by atoms with E-state index in [2.05, 4.69) is 15.9 Å². The molecule has 0 unspecified atom stereocenters. The van der Waals surface area contributed by atoms with E-state index in [1.165, 1.54) is 0 Å². The van der Waals surface area contributed by atoms with Crippen molar-refractivity contribution in [2.45, 2.75) is 23.6 Å². The minimum Gasteiger partial charge on any atom is -0.207 e. The van der Waals surface area contributed by atoms with Crippen molar-refractivity contribution in [3.8, 4) is 6.07 Å². The maximum Gasteiger partial charge on any atom is 0.261 e. The van der Waals surface area contributed by atoms with Gasteiger partial charge in [0.1, 0.15) is 0 Å². The third-order valence-electron chi connectivity index (χ3n) is 2.22. The normalized spacial score (nSPS) is 11.1. The Bertz CT molecular complexity index is 549. The van der Waals surface area contributed by atoms with Gasteiger partial charge >= 0.3 is 0 Å². The highest BCUT2D eigenvalue weighted by Gasteiger charge is 2.21. The lowest BCUT2D eigenvalue weighted by atomic mass is 10.0. The van der Waals surface area contributed by atoms with Crippen LogP contribution in [0.25, 0.3) is 0 Å². The van der Waals surface area contributed by atoms with Gasteiger partial charge in [0.2, 0.25) is 0 Å². The van der Waals surface area contributed by atoms with Gasteiger partial charge in [0.05, 0.1) is 16.5 Å². The zero-order chi connectivity index (χ0) is 12.3. The minimum atomic E-state index is -3.83. The van der Waals surface area contributed by atoms with Crippen molar-refractivity contribution in [1.82, 2.24) is 0 Å². The van der Waals surface area contributed by atoms with Crippen LogP contribution in [-0.4, -0.2) is 8.42 Å². The van der Waals surface area contributed by atoms with Gasteiger partial charge < -0.3 is 0 Å². The minimum absolute atomic E-state index is 0.0626. The maximum absolute atomic E-state index is 11.5. The summed E-state index contributed by atoms with van der Waals surface area (Å²) < 4.78 is 23.0.